The molecule has 3 aromatic carbocycles. The third kappa shape index (κ3) is 3.67. The van der Waals surface area contributed by atoms with E-state index >= 15 is 0 Å². The SMILES string of the molecule is CC(C)c1cc(C(C)C)c2c(c1)C(C)(C)[C@@]2(O)c1ccccc1C(=O)N[C@@H](C)c1ccccc1. The van der Waals surface area contributed by atoms with Gasteiger partial charge in [0.25, 0.3) is 5.91 Å². The van der Waals surface area contributed by atoms with Gasteiger partial charge in [0.05, 0.1) is 6.04 Å². The molecule has 0 radical (unpaired) electrons. The summed E-state index contributed by atoms with van der Waals surface area (Å²) >= 11 is 0. The van der Waals surface area contributed by atoms with E-state index in [1.807, 2.05) is 61.5 Å². The zero-order chi connectivity index (χ0) is 24.8. The van der Waals surface area contributed by atoms with E-state index in [-0.39, 0.29) is 17.9 Å². The molecule has 0 fully saturated rings. The Morgan fingerprint density at radius 2 is 1.41 bits per heavy atom. The average molecular weight is 456 g/mol. The van der Waals surface area contributed by atoms with Crippen LogP contribution in [-0.4, -0.2) is 11.0 Å². The lowest BCUT2D eigenvalue weighted by Crippen LogP contribution is -2.57. The fraction of sp³-hybridized carbons (Fsp3) is 0.387. The van der Waals surface area contributed by atoms with Crippen LogP contribution in [0.25, 0.3) is 0 Å². The van der Waals surface area contributed by atoms with Crippen molar-refractivity contribution in [1.82, 2.24) is 5.32 Å². The molecular formula is C31H37NO2. The van der Waals surface area contributed by atoms with Gasteiger partial charge in [0.2, 0.25) is 0 Å². The number of hydrogen-bond donors (Lipinski definition) is 2. The van der Waals surface area contributed by atoms with E-state index in [0.717, 1.165) is 16.7 Å². The van der Waals surface area contributed by atoms with Gasteiger partial charge in [-0.05, 0) is 52.6 Å². The lowest BCUT2D eigenvalue weighted by molar-refractivity contribution is -0.0260. The fourth-order valence-corrected chi connectivity index (χ4v) is 5.39. The first-order valence-corrected chi connectivity index (χ1v) is 12.4. The first-order valence-electron chi connectivity index (χ1n) is 12.4. The highest BCUT2D eigenvalue weighted by Gasteiger charge is 2.60. The summed E-state index contributed by atoms with van der Waals surface area (Å²) < 4.78 is 0. The van der Waals surface area contributed by atoms with Gasteiger partial charge >= 0.3 is 0 Å². The van der Waals surface area contributed by atoms with Crippen LogP contribution >= 0.6 is 0 Å². The molecule has 0 aromatic heterocycles. The summed E-state index contributed by atoms with van der Waals surface area (Å²) in [5.41, 5.74) is 5.06. The van der Waals surface area contributed by atoms with Crippen molar-refractivity contribution in [3.63, 3.8) is 0 Å². The summed E-state index contributed by atoms with van der Waals surface area (Å²) in [6.45, 7) is 14.9. The number of nitrogens with one attached hydrogen (secondary N) is 1. The number of hydrogen-bond acceptors (Lipinski definition) is 2. The molecule has 34 heavy (non-hydrogen) atoms. The molecular weight excluding hydrogens is 418 g/mol. The standard InChI is InChI=1S/C31H37NO2/c1-19(2)23-17-25(20(3)4)28-27(18-23)30(6,7)31(28,34)26-16-12-11-15-24(26)29(33)32-21(5)22-13-9-8-10-14-22/h8-21,34H,1-7H3,(H,32,33)/t21-,31+/m0/s1. The van der Waals surface area contributed by atoms with Gasteiger partial charge in [-0.1, -0.05) is 102 Å². The quantitative estimate of drug-likeness (QED) is 0.422. The Balaban J connectivity index is 1.81. The number of fused-ring (bicyclic) bond motifs is 1. The summed E-state index contributed by atoms with van der Waals surface area (Å²) in [7, 11) is 0. The lowest BCUT2D eigenvalue weighted by atomic mass is 9.50. The van der Waals surface area contributed by atoms with Crippen LogP contribution < -0.4 is 5.32 Å². The van der Waals surface area contributed by atoms with Gasteiger partial charge in [-0.15, -0.1) is 0 Å². The predicted octanol–water partition coefficient (Wildman–Crippen LogP) is 6.95. The minimum atomic E-state index is -1.25. The number of aliphatic hydroxyl groups is 1. The second-order valence-electron chi connectivity index (χ2n) is 10.8. The molecule has 3 aromatic rings. The number of amides is 1. The van der Waals surface area contributed by atoms with Crippen molar-refractivity contribution >= 4 is 5.91 Å². The summed E-state index contributed by atoms with van der Waals surface area (Å²) in [6.07, 6.45) is 0. The summed E-state index contributed by atoms with van der Waals surface area (Å²) in [6, 6.07) is 21.8. The van der Waals surface area contributed by atoms with Crippen LogP contribution in [0.4, 0.5) is 0 Å². The number of carbonyl (C=O) groups excluding carboxylic acids is 1. The van der Waals surface area contributed by atoms with Crippen molar-refractivity contribution in [3.05, 3.63) is 106 Å². The lowest BCUT2D eigenvalue weighted by Gasteiger charge is -2.56. The third-order valence-electron chi connectivity index (χ3n) is 7.63. The van der Waals surface area contributed by atoms with Crippen LogP contribution in [0, 0.1) is 0 Å². The van der Waals surface area contributed by atoms with Crippen LogP contribution in [0.1, 0.15) is 110 Å². The van der Waals surface area contributed by atoms with Crippen molar-refractivity contribution in [2.24, 2.45) is 0 Å². The van der Waals surface area contributed by atoms with E-state index in [1.54, 1.807) is 0 Å². The van der Waals surface area contributed by atoms with Crippen molar-refractivity contribution in [2.45, 2.75) is 77.4 Å². The molecule has 1 amide bonds. The molecule has 3 heteroatoms. The molecule has 2 N–H and O–H groups in total. The molecule has 0 unspecified atom stereocenters. The Morgan fingerprint density at radius 3 is 2.03 bits per heavy atom. The zero-order valence-electron chi connectivity index (χ0n) is 21.4. The first-order chi connectivity index (χ1) is 16.0. The van der Waals surface area contributed by atoms with Gasteiger partial charge in [-0.3, -0.25) is 4.79 Å². The highest BCUT2D eigenvalue weighted by atomic mass is 16.3. The highest BCUT2D eigenvalue weighted by Crippen LogP contribution is 2.60. The van der Waals surface area contributed by atoms with Crippen molar-refractivity contribution in [1.29, 1.82) is 0 Å². The average Bonchev–Trinajstić information content (AvgIpc) is 2.83. The molecule has 4 rings (SSSR count). The van der Waals surface area contributed by atoms with Gasteiger partial charge in [0, 0.05) is 16.5 Å². The van der Waals surface area contributed by atoms with Crippen LogP contribution in [0.5, 0.6) is 0 Å². The molecule has 3 nitrogen and oxygen atoms in total. The molecule has 0 heterocycles. The summed E-state index contributed by atoms with van der Waals surface area (Å²) in [4.78, 5) is 13.5. The maximum atomic E-state index is 13.5. The number of carbonyl (C=O) groups is 1. The van der Waals surface area contributed by atoms with Crippen LogP contribution in [0.15, 0.2) is 66.7 Å². The van der Waals surface area contributed by atoms with Gasteiger partial charge in [-0.25, -0.2) is 0 Å². The van der Waals surface area contributed by atoms with E-state index < -0.39 is 11.0 Å². The Bertz CT molecular complexity index is 1190. The second kappa shape index (κ2) is 8.70. The van der Waals surface area contributed by atoms with Crippen molar-refractivity contribution in [3.8, 4) is 0 Å². The van der Waals surface area contributed by atoms with Crippen molar-refractivity contribution < 1.29 is 9.90 Å². The maximum Gasteiger partial charge on any atom is 0.252 e. The molecule has 0 saturated heterocycles. The highest BCUT2D eigenvalue weighted by molar-refractivity contribution is 5.97. The van der Waals surface area contributed by atoms with Crippen LogP contribution in [0.2, 0.25) is 0 Å². The Morgan fingerprint density at radius 1 is 0.794 bits per heavy atom. The first kappa shape index (κ1) is 24.2. The normalized spacial score (nSPS) is 19.5. The van der Waals surface area contributed by atoms with E-state index in [1.165, 1.54) is 11.1 Å². The number of rotatable bonds is 6. The maximum absolute atomic E-state index is 13.5. The van der Waals surface area contributed by atoms with Gasteiger partial charge in [-0.2, -0.15) is 0 Å². The van der Waals surface area contributed by atoms with Crippen molar-refractivity contribution in [2.75, 3.05) is 0 Å². The Hall–Kier alpha value is -2.91. The minimum absolute atomic E-state index is 0.141. The van der Waals surface area contributed by atoms with E-state index in [0.29, 0.717) is 17.0 Å². The third-order valence-corrected chi connectivity index (χ3v) is 7.63. The molecule has 0 bridgehead atoms. The Kier molecular flexibility index (Phi) is 6.20. The van der Waals surface area contributed by atoms with E-state index in [9.17, 15) is 9.90 Å². The van der Waals surface area contributed by atoms with Crippen LogP contribution in [0.3, 0.4) is 0 Å². The largest absolute Gasteiger partial charge is 0.379 e. The predicted molar refractivity (Wildman–Crippen MR) is 139 cm³/mol. The molecule has 178 valence electrons. The van der Waals surface area contributed by atoms with Gasteiger partial charge in [0.15, 0.2) is 0 Å². The topological polar surface area (TPSA) is 49.3 Å². The minimum Gasteiger partial charge on any atom is -0.379 e. The molecule has 0 aliphatic heterocycles. The van der Waals surface area contributed by atoms with E-state index in [4.69, 9.17) is 0 Å². The smallest absolute Gasteiger partial charge is 0.252 e. The molecule has 0 spiro atoms. The fourth-order valence-electron chi connectivity index (χ4n) is 5.39. The van der Waals surface area contributed by atoms with Gasteiger partial charge in [0.1, 0.15) is 5.60 Å². The van der Waals surface area contributed by atoms with Gasteiger partial charge < -0.3 is 10.4 Å². The van der Waals surface area contributed by atoms with Crippen LogP contribution in [-0.2, 0) is 11.0 Å². The molecule has 0 saturated carbocycles. The monoisotopic (exact) mass is 455 g/mol. The number of benzene rings is 3. The second-order valence-corrected chi connectivity index (χ2v) is 10.8. The summed E-state index contributed by atoms with van der Waals surface area (Å²) in [5.74, 6) is 0.494. The molecule has 1 aliphatic rings. The zero-order valence-corrected chi connectivity index (χ0v) is 21.4. The molecule has 2 atom stereocenters. The summed E-state index contributed by atoms with van der Waals surface area (Å²) in [5, 5.41) is 15.6. The Labute approximate surface area is 204 Å². The van der Waals surface area contributed by atoms with E-state index in [2.05, 4.69) is 59.0 Å². The molecule has 1 aliphatic carbocycles.